The molecule has 4 nitrogen and oxygen atoms in total. The summed E-state index contributed by atoms with van der Waals surface area (Å²) in [5.41, 5.74) is 0.774. The number of furan rings is 1. The molecule has 0 aliphatic heterocycles. The predicted molar refractivity (Wildman–Crippen MR) is 46.0 cm³/mol. The lowest BCUT2D eigenvalue weighted by Gasteiger charge is -2.04. The van der Waals surface area contributed by atoms with Crippen LogP contribution in [0.3, 0.4) is 0 Å². The number of aliphatic hydroxyl groups excluding tert-OH is 1. The van der Waals surface area contributed by atoms with Crippen LogP contribution in [0.15, 0.2) is 35.2 Å². The lowest BCUT2D eigenvalue weighted by molar-refractivity contribution is 0.170. The molecule has 68 valence electrons. The van der Waals surface area contributed by atoms with Crippen LogP contribution in [0.4, 0.5) is 0 Å². The zero-order valence-corrected chi connectivity index (χ0v) is 6.97. The Labute approximate surface area is 75.2 Å². The van der Waals surface area contributed by atoms with Gasteiger partial charge in [0.1, 0.15) is 5.76 Å². The summed E-state index contributed by atoms with van der Waals surface area (Å²) in [6.07, 6.45) is 4.80. The van der Waals surface area contributed by atoms with E-state index in [0.717, 1.165) is 11.3 Å². The molecule has 4 heteroatoms. The molecule has 2 aromatic rings. The van der Waals surface area contributed by atoms with Crippen LogP contribution in [-0.2, 0) is 6.42 Å². The average molecular weight is 178 g/mol. The molecule has 0 aromatic carbocycles. The second kappa shape index (κ2) is 3.45. The third-order valence-electron chi connectivity index (χ3n) is 1.88. The van der Waals surface area contributed by atoms with Gasteiger partial charge in [0.2, 0.25) is 0 Å². The van der Waals surface area contributed by atoms with Crippen LogP contribution >= 0.6 is 0 Å². The van der Waals surface area contributed by atoms with Crippen molar-refractivity contribution in [3.63, 3.8) is 0 Å². The van der Waals surface area contributed by atoms with Crippen LogP contribution in [0, 0.1) is 0 Å². The quantitative estimate of drug-likeness (QED) is 0.744. The zero-order valence-electron chi connectivity index (χ0n) is 6.97. The summed E-state index contributed by atoms with van der Waals surface area (Å²) < 4.78 is 5.11. The monoisotopic (exact) mass is 178 g/mol. The Morgan fingerprint density at radius 3 is 3.15 bits per heavy atom. The van der Waals surface area contributed by atoms with E-state index in [1.54, 1.807) is 24.7 Å². The van der Waals surface area contributed by atoms with Crippen molar-refractivity contribution in [3.8, 4) is 0 Å². The second-order valence-corrected chi connectivity index (χ2v) is 2.83. The van der Waals surface area contributed by atoms with Crippen molar-refractivity contribution in [2.24, 2.45) is 0 Å². The highest BCUT2D eigenvalue weighted by molar-refractivity contribution is 5.10. The fourth-order valence-electron chi connectivity index (χ4n) is 1.18. The Bertz CT molecular complexity index is 340. The fourth-order valence-corrected chi connectivity index (χ4v) is 1.18. The van der Waals surface area contributed by atoms with Gasteiger partial charge in [0.15, 0.2) is 0 Å². The second-order valence-electron chi connectivity index (χ2n) is 2.83. The lowest BCUT2D eigenvalue weighted by Crippen LogP contribution is -1.99. The van der Waals surface area contributed by atoms with Gasteiger partial charge in [0, 0.05) is 18.2 Å². The van der Waals surface area contributed by atoms with Gasteiger partial charge in [-0.25, -0.2) is 0 Å². The summed E-state index contributed by atoms with van der Waals surface area (Å²) in [4.78, 5) is 0. The van der Waals surface area contributed by atoms with Crippen molar-refractivity contribution >= 4 is 0 Å². The molecular weight excluding hydrogens is 168 g/mol. The molecule has 2 heterocycles. The maximum absolute atomic E-state index is 9.66. The Balaban J connectivity index is 2.04. The van der Waals surface area contributed by atoms with E-state index in [9.17, 15) is 5.11 Å². The van der Waals surface area contributed by atoms with Gasteiger partial charge < -0.3 is 9.52 Å². The highest BCUT2D eigenvalue weighted by Gasteiger charge is 2.10. The van der Waals surface area contributed by atoms with Gasteiger partial charge in [-0.05, 0) is 12.1 Å². The average Bonchev–Trinajstić information content (AvgIpc) is 2.74. The standard InChI is InChI=1S/C9H10N2O2/c12-9(7-5-10-11-6-7)4-8-2-1-3-13-8/h1-3,5-6,9,12H,4H2,(H,10,11). The molecule has 0 saturated carbocycles. The van der Waals surface area contributed by atoms with E-state index in [1.807, 2.05) is 6.07 Å². The van der Waals surface area contributed by atoms with Gasteiger partial charge in [-0.1, -0.05) is 0 Å². The van der Waals surface area contributed by atoms with Gasteiger partial charge in [-0.2, -0.15) is 5.10 Å². The normalized spacial score (nSPS) is 13.0. The summed E-state index contributed by atoms with van der Waals surface area (Å²) in [7, 11) is 0. The fraction of sp³-hybridized carbons (Fsp3) is 0.222. The topological polar surface area (TPSA) is 62.1 Å². The molecule has 0 fully saturated rings. The Hall–Kier alpha value is -1.55. The number of aromatic amines is 1. The highest BCUT2D eigenvalue weighted by atomic mass is 16.3. The molecule has 0 spiro atoms. The van der Waals surface area contributed by atoms with Gasteiger partial charge in [0.25, 0.3) is 0 Å². The third kappa shape index (κ3) is 1.78. The Kier molecular flexibility index (Phi) is 2.14. The van der Waals surface area contributed by atoms with E-state index >= 15 is 0 Å². The van der Waals surface area contributed by atoms with E-state index in [1.165, 1.54) is 0 Å². The number of H-pyrrole nitrogens is 1. The molecule has 2 N–H and O–H groups in total. The first-order chi connectivity index (χ1) is 6.36. The minimum absolute atomic E-state index is 0.479. The summed E-state index contributed by atoms with van der Waals surface area (Å²) >= 11 is 0. The van der Waals surface area contributed by atoms with Crippen LogP contribution in [-0.4, -0.2) is 15.3 Å². The number of aromatic nitrogens is 2. The molecule has 2 aromatic heterocycles. The minimum Gasteiger partial charge on any atom is -0.469 e. The maximum Gasteiger partial charge on any atom is 0.106 e. The van der Waals surface area contributed by atoms with Crippen molar-refractivity contribution in [1.29, 1.82) is 0 Å². The summed E-state index contributed by atoms with van der Waals surface area (Å²) in [5.74, 6) is 0.772. The van der Waals surface area contributed by atoms with E-state index in [-0.39, 0.29) is 0 Å². The number of nitrogens with zero attached hydrogens (tertiary/aromatic N) is 1. The molecule has 0 saturated heterocycles. The van der Waals surface area contributed by atoms with Crippen LogP contribution in [0.1, 0.15) is 17.4 Å². The van der Waals surface area contributed by atoms with Crippen molar-refractivity contribution in [2.75, 3.05) is 0 Å². The first-order valence-electron chi connectivity index (χ1n) is 4.05. The molecule has 0 amide bonds. The highest BCUT2D eigenvalue weighted by Crippen LogP contribution is 2.16. The summed E-state index contributed by atoms with van der Waals surface area (Å²) in [5, 5.41) is 16.1. The maximum atomic E-state index is 9.66. The number of hydrogen-bond donors (Lipinski definition) is 2. The SMILES string of the molecule is OC(Cc1ccco1)c1cn[nH]c1. The molecule has 13 heavy (non-hydrogen) atoms. The first kappa shape index (κ1) is 8.07. The largest absolute Gasteiger partial charge is 0.469 e. The van der Waals surface area contributed by atoms with Gasteiger partial charge >= 0.3 is 0 Å². The summed E-state index contributed by atoms with van der Waals surface area (Å²) in [6.45, 7) is 0. The predicted octanol–water partition coefficient (Wildman–Crippen LogP) is 1.28. The Morgan fingerprint density at radius 1 is 1.62 bits per heavy atom. The molecule has 0 bridgehead atoms. The van der Waals surface area contributed by atoms with Crippen molar-refractivity contribution in [2.45, 2.75) is 12.5 Å². The smallest absolute Gasteiger partial charge is 0.106 e. The van der Waals surface area contributed by atoms with Gasteiger partial charge in [-0.3, -0.25) is 5.10 Å². The molecule has 0 aliphatic rings. The molecule has 2 rings (SSSR count). The van der Waals surface area contributed by atoms with Crippen LogP contribution in [0.2, 0.25) is 0 Å². The van der Waals surface area contributed by atoms with Gasteiger partial charge in [0.05, 0.1) is 18.6 Å². The van der Waals surface area contributed by atoms with E-state index < -0.39 is 6.10 Å². The van der Waals surface area contributed by atoms with E-state index in [2.05, 4.69) is 10.2 Å². The van der Waals surface area contributed by atoms with E-state index in [0.29, 0.717) is 6.42 Å². The molecule has 0 radical (unpaired) electrons. The van der Waals surface area contributed by atoms with Crippen LogP contribution in [0.5, 0.6) is 0 Å². The van der Waals surface area contributed by atoms with E-state index in [4.69, 9.17) is 4.42 Å². The number of nitrogens with one attached hydrogen (secondary N) is 1. The third-order valence-corrected chi connectivity index (χ3v) is 1.88. The molecule has 0 aliphatic carbocycles. The van der Waals surface area contributed by atoms with Gasteiger partial charge in [-0.15, -0.1) is 0 Å². The minimum atomic E-state index is -0.551. The molecular formula is C9H10N2O2. The zero-order chi connectivity index (χ0) is 9.10. The van der Waals surface area contributed by atoms with Crippen LogP contribution < -0.4 is 0 Å². The molecule has 1 atom stereocenters. The van der Waals surface area contributed by atoms with Crippen molar-refractivity contribution in [3.05, 3.63) is 42.1 Å². The number of rotatable bonds is 3. The van der Waals surface area contributed by atoms with Crippen molar-refractivity contribution in [1.82, 2.24) is 10.2 Å². The number of aliphatic hydroxyl groups is 1. The number of hydrogen-bond acceptors (Lipinski definition) is 3. The van der Waals surface area contributed by atoms with Crippen molar-refractivity contribution < 1.29 is 9.52 Å². The lowest BCUT2D eigenvalue weighted by atomic mass is 10.1. The molecule has 1 unspecified atom stereocenters. The van der Waals surface area contributed by atoms with Crippen LogP contribution in [0.25, 0.3) is 0 Å². The Morgan fingerprint density at radius 2 is 2.54 bits per heavy atom. The summed E-state index contributed by atoms with van der Waals surface area (Å²) in [6, 6.07) is 3.64. The first-order valence-corrected chi connectivity index (χ1v) is 4.05.